The van der Waals surface area contributed by atoms with Crippen molar-refractivity contribution < 1.29 is 19.1 Å². The Morgan fingerprint density at radius 2 is 1.88 bits per heavy atom. The van der Waals surface area contributed by atoms with E-state index in [1.54, 1.807) is 26.4 Å². The normalized spacial score (nSPS) is 13.1. The summed E-state index contributed by atoms with van der Waals surface area (Å²) in [6.07, 6.45) is 3.51. The van der Waals surface area contributed by atoms with Crippen LogP contribution in [0.3, 0.4) is 0 Å². The molecule has 6 heteroatoms. The lowest BCUT2D eigenvalue weighted by Crippen LogP contribution is -2.29. The third kappa shape index (κ3) is 3.38. The Balaban J connectivity index is 1.67. The van der Waals surface area contributed by atoms with Gasteiger partial charge in [0.1, 0.15) is 5.69 Å². The highest BCUT2D eigenvalue weighted by Crippen LogP contribution is 2.27. The molecule has 1 aromatic carbocycles. The maximum Gasteiger partial charge on any atom is 0.228 e. The molecule has 1 aliphatic rings. The average molecular weight is 338 g/mol. The molecule has 0 atom stereocenters. The van der Waals surface area contributed by atoms with E-state index in [1.165, 1.54) is 12.3 Å². The number of rotatable bonds is 6. The topological polar surface area (TPSA) is 77.5 Å². The van der Waals surface area contributed by atoms with Gasteiger partial charge in [-0.15, -0.1) is 0 Å². The van der Waals surface area contributed by atoms with Gasteiger partial charge < -0.3 is 14.8 Å². The van der Waals surface area contributed by atoms with Crippen LogP contribution < -0.4 is 14.8 Å². The SMILES string of the molecule is COc1ccc(CCNC2=CC(=O)c3cccnc3C2=O)cc1OC. The van der Waals surface area contributed by atoms with Crippen LogP contribution >= 0.6 is 0 Å². The van der Waals surface area contributed by atoms with Crippen LogP contribution in [0.25, 0.3) is 0 Å². The Hall–Kier alpha value is -3.15. The zero-order valence-corrected chi connectivity index (χ0v) is 14.0. The molecule has 3 rings (SSSR count). The molecule has 0 aliphatic heterocycles. The Labute approximate surface area is 145 Å². The van der Waals surface area contributed by atoms with E-state index < -0.39 is 0 Å². The molecule has 1 aliphatic carbocycles. The number of nitrogens with one attached hydrogen (secondary N) is 1. The molecule has 0 spiro atoms. The second kappa shape index (κ2) is 7.17. The minimum absolute atomic E-state index is 0.198. The molecule has 0 radical (unpaired) electrons. The lowest BCUT2D eigenvalue weighted by molar-refractivity contribution is 0.0974. The summed E-state index contributed by atoms with van der Waals surface area (Å²) < 4.78 is 10.5. The fraction of sp³-hybridized carbons (Fsp3) is 0.211. The van der Waals surface area contributed by atoms with Crippen LogP contribution in [0.5, 0.6) is 11.5 Å². The number of carbonyl (C=O) groups excluding carboxylic acids is 2. The second-order valence-corrected chi connectivity index (χ2v) is 5.52. The van der Waals surface area contributed by atoms with Crippen LogP contribution in [0.2, 0.25) is 0 Å². The maximum atomic E-state index is 12.4. The second-order valence-electron chi connectivity index (χ2n) is 5.52. The van der Waals surface area contributed by atoms with Crippen molar-refractivity contribution in [3.8, 4) is 11.5 Å². The van der Waals surface area contributed by atoms with Crippen molar-refractivity contribution in [3.63, 3.8) is 0 Å². The highest BCUT2D eigenvalue weighted by Gasteiger charge is 2.26. The minimum atomic E-state index is -0.262. The maximum absolute atomic E-state index is 12.4. The predicted molar refractivity (Wildman–Crippen MR) is 92.2 cm³/mol. The largest absolute Gasteiger partial charge is 0.493 e. The molecule has 0 saturated heterocycles. The Kier molecular flexibility index (Phi) is 4.79. The van der Waals surface area contributed by atoms with E-state index in [4.69, 9.17) is 9.47 Å². The summed E-state index contributed by atoms with van der Waals surface area (Å²) in [4.78, 5) is 28.5. The molecule has 0 amide bonds. The van der Waals surface area contributed by atoms with Crippen LogP contribution in [-0.2, 0) is 6.42 Å². The average Bonchev–Trinajstić information content (AvgIpc) is 2.65. The first kappa shape index (κ1) is 16.7. The number of carbonyl (C=O) groups is 2. The van der Waals surface area contributed by atoms with Crippen molar-refractivity contribution in [2.24, 2.45) is 0 Å². The van der Waals surface area contributed by atoms with Crippen LogP contribution in [0.1, 0.15) is 26.4 Å². The molecule has 1 N–H and O–H groups in total. The van der Waals surface area contributed by atoms with Crippen LogP contribution in [-0.4, -0.2) is 37.3 Å². The third-order valence-electron chi connectivity index (χ3n) is 3.99. The summed E-state index contributed by atoms with van der Waals surface area (Å²) in [5, 5.41) is 3.04. The van der Waals surface area contributed by atoms with Gasteiger partial charge in [-0.1, -0.05) is 6.07 Å². The quantitative estimate of drug-likeness (QED) is 0.870. The third-order valence-corrected chi connectivity index (χ3v) is 3.99. The number of allylic oxidation sites excluding steroid dienone is 2. The molecule has 6 nitrogen and oxygen atoms in total. The van der Waals surface area contributed by atoms with E-state index >= 15 is 0 Å². The van der Waals surface area contributed by atoms with Crippen LogP contribution in [0, 0.1) is 0 Å². The molecule has 0 fully saturated rings. The van der Waals surface area contributed by atoms with Crippen molar-refractivity contribution in [3.05, 3.63) is 65.1 Å². The van der Waals surface area contributed by atoms with E-state index in [2.05, 4.69) is 10.3 Å². The first-order valence-corrected chi connectivity index (χ1v) is 7.84. The summed E-state index contributed by atoms with van der Waals surface area (Å²) in [6, 6.07) is 8.91. The summed E-state index contributed by atoms with van der Waals surface area (Å²) in [6.45, 7) is 0.502. The van der Waals surface area contributed by atoms with Gasteiger partial charge in [0.25, 0.3) is 0 Å². The number of methoxy groups -OCH3 is 2. The lowest BCUT2D eigenvalue weighted by atomic mass is 9.97. The summed E-state index contributed by atoms with van der Waals surface area (Å²) >= 11 is 0. The Bertz CT molecular complexity index is 858. The molecule has 128 valence electrons. The first-order chi connectivity index (χ1) is 12.1. The monoisotopic (exact) mass is 338 g/mol. The van der Waals surface area contributed by atoms with Crippen molar-refractivity contribution in [2.75, 3.05) is 20.8 Å². The van der Waals surface area contributed by atoms with E-state index in [9.17, 15) is 9.59 Å². The molecule has 0 unspecified atom stereocenters. The zero-order chi connectivity index (χ0) is 17.8. The number of pyridine rings is 1. The van der Waals surface area contributed by atoms with Crippen molar-refractivity contribution in [2.45, 2.75) is 6.42 Å². The molecule has 0 bridgehead atoms. The summed E-state index contributed by atoms with van der Waals surface area (Å²) in [5.74, 6) is 0.845. The molecule has 1 heterocycles. The van der Waals surface area contributed by atoms with Gasteiger partial charge in [0.05, 0.1) is 25.5 Å². The first-order valence-electron chi connectivity index (χ1n) is 7.84. The summed E-state index contributed by atoms with van der Waals surface area (Å²) in [7, 11) is 3.17. The van der Waals surface area contributed by atoms with Gasteiger partial charge in [0, 0.05) is 18.8 Å². The minimum Gasteiger partial charge on any atom is -0.493 e. The molecule has 25 heavy (non-hydrogen) atoms. The van der Waals surface area contributed by atoms with E-state index in [1.807, 2.05) is 18.2 Å². The van der Waals surface area contributed by atoms with Crippen molar-refractivity contribution in [1.82, 2.24) is 10.3 Å². The number of fused-ring (bicyclic) bond motifs is 1. The standard InChI is InChI=1S/C19H18N2O4/c1-24-16-6-5-12(10-17(16)25-2)7-9-20-14-11-15(22)13-4-3-8-21-18(13)19(14)23/h3-6,8,10-11,20H,7,9H2,1-2H3. The van der Waals surface area contributed by atoms with Crippen LogP contribution in [0.4, 0.5) is 0 Å². The highest BCUT2D eigenvalue weighted by molar-refractivity contribution is 6.23. The Morgan fingerprint density at radius 1 is 1.08 bits per heavy atom. The number of ketones is 2. The van der Waals surface area contributed by atoms with Crippen molar-refractivity contribution >= 4 is 11.6 Å². The molecule has 1 aromatic heterocycles. The Morgan fingerprint density at radius 3 is 2.64 bits per heavy atom. The number of ether oxygens (including phenoxy) is 2. The summed E-state index contributed by atoms with van der Waals surface area (Å²) in [5.41, 5.74) is 1.84. The van der Waals surface area contributed by atoms with Gasteiger partial charge in [-0.3, -0.25) is 14.6 Å². The molecular formula is C19H18N2O4. The van der Waals surface area contributed by atoms with Gasteiger partial charge in [0.15, 0.2) is 17.3 Å². The van der Waals surface area contributed by atoms with Gasteiger partial charge in [0.2, 0.25) is 5.78 Å². The zero-order valence-electron chi connectivity index (χ0n) is 14.0. The van der Waals surface area contributed by atoms with Gasteiger partial charge in [-0.05, 0) is 36.2 Å². The van der Waals surface area contributed by atoms with Gasteiger partial charge in [-0.2, -0.15) is 0 Å². The van der Waals surface area contributed by atoms with E-state index in [0.29, 0.717) is 30.0 Å². The number of nitrogens with zero attached hydrogens (tertiary/aromatic N) is 1. The molecule has 2 aromatic rings. The van der Waals surface area contributed by atoms with E-state index in [0.717, 1.165) is 5.56 Å². The fourth-order valence-electron chi connectivity index (χ4n) is 2.70. The van der Waals surface area contributed by atoms with E-state index in [-0.39, 0.29) is 23.0 Å². The predicted octanol–water partition coefficient (Wildman–Crippen LogP) is 2.19. The lowest BCUT2D eigenvalue weighted by Gasteiger charge is -2.15. The van der Waals surface area contributed by atoms with Gasteiger partial charge >= 0.3 is 0 Å². The van der Waals surface area contributed by atoms with Crippen molar-refractivity contribution in [1.29, 1.82) is 0 Å². The number of hydrogen-bond donors (Lipinski definition) is 1. The van der Waals surface area contributed by atoms with Gasteiger partial charge in [-0.25, -0.2) is 0 Å². The number of Topliss-reactive ketones (excluding diaryl/α,β-unsaturated/α-hetero) is 1. The number of aromatic nitrogens is 1. The smallest absolute Gasteiger partial charge is 0.228 e. The molecular weight excluding hydrogens is 320 g/mol. The molecule has 0 saturated carbocycles. The highest BCUT2D eigenvalue weighted by atomic mass is 16.5. The number of benzene rings is 1. The van der Waals surface area contributed by atoms with Crippen LogP contribution in [0.15, 0.2) is 48.3 Å². The number of hydrogen-bond acceptors (Lipinski definition) is 6. The fourth-order valence-corrected chi connectivity index (χ4v) is 2.70.